The molecule has 8 heavy (non-hydrogen) atoms. The van der Waals surface area contributed by atoms with E-state index in [1.807, 2.05) is 0 Å². The van der Waals surface area contributed by atoms with Gasteiger partial charge in [-0.25, -0.2) is 4.11 Å². The monoisotopic (exact) mass is 279 g/mol. The van der Waals surface area contributed by atoms with Gasteiger partial charge in [0.1, 0.15) is 0 Å². The zero-order chi connectivity index (χ0) is 4.50. The predicted molar refractivity (Wildman–Crippen MR) is 37.2 cm³/mol. The molecule has 0 saturated heterocycles. The molecule has 0 aromatic heterocycles. The van der Waals surface area contributed by atoms with E-state index in [1.54, 1.807) is 0 Å². The van der Waals surface area contributed by atoms with Gasteiger partial charge in [0, 0.05) is 8.41 Å². The average molecular weight is 278 g/mol. The molecule has 0 spiro atoms. The third-order valence-electron chi connectivity index (χ3n) is 0. The van der Waals surface area contributed by atoms with Crippen molar-refractivity contribution in [3.63, 3.8) is 0 Å². The molecule has 0 aromatic rings. The first-order valence-corrected chi connectivity index (χ1v) is 2.58. The molecule has 0 aliphatic heterocycles. The SMILES string of the molecule is O[Si](O)(O)F.[AlH3].[B].[Ba+2].[H-].[H-]. The molecule has 0 atom stereocenters. The minimum Gasteiger partial charge on any atom is -1.00 e. The Kier molecular flexibility index (Phi) is 25.8. The Bertz CT molecular complexity index is 42.0. The van der Waals surface area contributed by atoms with Crippen LogP contribution in [0.4, 0.5) is 4.11 Å². The molecule has 0 unspecified atom stereocenters. The Hall–Kier alpha value is 2.20. The van der Waals surface area contributed by atoms with E-state index in [9.17, 15) is 4.11 Å². The first-order valence-electron chi connectivity index (χ1n) is 0.860. The molecule has 0 aromatic carbocycles. The first-order chi connectivity index (χ1) is 2.00. The zero-order valence-corrected chi connectivity index (χ0v) is 8.94. The summed E-state index contributed by atoms with van der Waals surface area (Å²) < 4.78 is 10.5. The number of hydrogen-bond acceptors (Lipinski definition) is 3. The van der Waals surface area contributed by atoms with Crippen LogP contribution in [0.1, 0.15) is 2.85 Å². The molecule has 0 bridgehead atoms. The standard InChI is InChI=1S/Al.B.Ba.FH3O3Si.5H/c;;;1-5(2,3)4;;;;;/h;;;2-4H;;;;;/q;;+2;;;;;2*-1. The van der Waals surface area contributed by atoms with E-state index in [2.05, 4.69) is 0 Å². The van der Waals surface area contributed by atoms with Crippen LogP contribution in [0.5, 0.6) is 0 Å². The normalized spacial score (nSPS) is 7.50. The summed E-state index contributed by atoms with van der Waals surface area (Å²) >= 11 is 0. The summed E-state index contributed by atoms with van der Waals surface area (Å²) in [4.78, 5) is 21.3. The van der Waals surface area contributed by atoms with E-state index in [-0.39, 0.29) is 77.5 Å². The van der Waals surface area contributed by atoms with Crippen molar-refractivity contribution in [3.8, 4) is 0 Å². The Labute approximate surface area is 104 Å². The molecular weight excluding hydrogens is 270 g/mol. The molecule has 3 N–H and O–H groups in total. The summed E-state index contributed by atoms with van der Waals surface area (Å²) in [6, 6.07) is 0. The third-order valence-corrected chi connectivity index (χ3v) is 0. The van der Waals surface area contributed by atoms with Crippen LogP contribution < -0.4 is 0 Å². The number of hydrogen-bond donors (Lipinski definition) is 3. The molecule has 0 fully saturated rings. The largest absolute Gasteiger partial charge is 2.00 e. The van der Waals surface area contributed by atoms with E-state index < -0.39 is 9.14 Å². The van der Waals surface area contributed by atoms with E-state index >= 15 is 0 Å². The van der Waals surface area contributed by atoms with Crippen molar-refractivity contribution in [2.75, 3.05) is 0 Å². The van der Waals surface area contributed by atoms with Gasteiger partial charge in [0.05, 0.1) is 0 Å². The van der Waals surface area contributed by atoms with Crippen molar-refractivity contribution in [1.82, 2.24) is 0 Å². The van der Waals surface area contributed by atoms with Crippen LogP contribution in [0.3, 0.4) is 0 Å². The quantitative estimate of drug-likeness (QED) is 0.320. The summed E-state index contributed by atoms with van der Waals surface area (Å²) in [6.45, 7) is 0. The van der Waals surface area contributed by atoms with Crippen LogP contribution in [0, 0.1) is 0 Å². The van der Waals surface area contributed by atoms with Gasteiger partial charge in [0.15, 0.2) is 17.4 Å². The zero-order valence-electron chi connectivity index (χ0n) is 5.50. The molecule has 0 aliphatic carbocycles. The van der Waals surface area contributed by atoms with E-state index in [0.717, 1.165) is 0 Å². The molecule has 45 valence electrons. The summed E-state index contributed by atoms with van der Waals surface area (Å²) in [5.41, 5.74) is 0. The Morgan fingerprint density at radius 2 is 1.25 bits per heavy atom. The Morgan fingerprint density at radius 1 is 1.25 bits per heavy atom. The third kappa shape index (κ3) is 88.0. The van der Waals surface area contributed by atoms with Gasteiger partial charge in [-0.05, 0) is 0 Å². The molecule has 8 heteroatoms. The van der Waals surface area contributed by atoms with Crippen LogP contribution in [-0.4, -0.2) is 98.2 Å². The summed E-state index contributed by atoms with van der Waals surface area (Å²) in [5, 5.41) is 0. The summed E-state index contributed by atoms with van der Waals surface area (Å²) in [6.07, 6.45) is 0. The van der Waals surface area contributed by atoms with Gasteiger partial charge >= 0.3 is 58.0 Å². The molecule has 0 saturated carbocycles. The van der Waals surface area contributed by atoms with Crippen molar-refractivity contribution in [3.05, 3.63) is 0 Å². The van der Waals surface area contributed by atoms with Crippen LogP contribution in [0.25, 0.3) is 0 Å². The van der Waals surface area contributed by atoms with Crippen molar-refractivity contribution in [1.29, 1.82) is 0 Å². The smallest absolute Gasteiger partial charge is 1.00 e. The fraction of sp³-hybridized carbons (Fsp3) is 0. The molecular formula is H8AlBBaFO3Si. The molecule has 0 heterocycles. The fourth-order valence-corrected chi connectivity index (χ4v) is 0. The second kappa shape index (κ2) is 9.20. The minimum absolute atomic E-state index is 0. The molecule has 0 aliphatic rings. The van der Waals surface area contributed by atoms with Crippen molar-refractivity contribution >= 4 is 83.8 Å². The predicted octanol–water partition coefficient (Wildman–Crippen LogP) is -3.35. The molecule has 3 nitrogen and oxygen atoms in total. The maximum Gasteiger partial charge on any atom is 2.00 e. The fourth-order valence-electron chi connectivity index (χ4n) is 0. The van der Waals surface area contributed by atoms with E-state index in [0.29, 0.717) is 0 Å². The first kappa shape index (κ1) is 22.5. The van der Waals surface area contributed by atoms with Crippen LogP contribution in [0.15, 0.2) is 0 Å². The van der Waals surface area contributed by atoms with Crippen LogP contribution in [0.2, 0.25) is 0 Å². The second-order valence-electron chi connectivity index (χ2n) is 0.554. The second-order valence-corrected chi connectivity index (χ2v) is 1.66. The van der Waals surface area contributed by atoms with Gasteiger partial charge in [-0.1, -0.05) is 0 Å². The molecule has 0 amide bonds. The van der Waals surface area contributed by atoms with Gasteiger partial charge in [-0.2, -0.15) is 0 Å². The van der Waals surface area contributed by atoms with Crippen molar-refractivity contribution in [2.24, 2.45) is 0 Å². The number of halogens is 1. The van der Waals surface area contributed by atoms with Gasteiger partial charge in [-0.15, -0.1) is 0 Å². The van der Waals surface area contributed by atoms with E-state index in [4.69, 9.17) is 14.4 Å². The summed E-state index contributed by atoms with van der Waals surface area (Å²) in [7, 11) is -5.11. The van der Waals surface area contributed by atoms with Crippen LogP contribution >= 0.6 is 0 Å². The van der Waals surface area contributed by atoms with Crippen molar-refractivity contribution in [2.45, 2.75) is 0 Å². The minimum atomic E-state index is -5.11. The topological polar surface area (TPSA) is 60.7 Å². The Balaban J connectivity index is -0.00000000800. The van der Waals surface area contributed by atoms with Gasteiger partial charge in [-0.3, -0.25) is 0 Å². The maximum atomic E-state index is 10.5. The van der Waals surface area contributed by atoms with Gasteiger partial charge in [0.2, 0.25) is 0 Å². The average Bonchev–Trinajstić information content (AvgIpc) is 0.722. The van der Waals surface area contributed by atoms with Crippen LogP contribution in [-0.2, 0) is 0 Å². The number of rotatable bonds is 0. The summed E-state index contributed by atoms with van der Waals surface area (Å²) in [5.74, 6) is 0. The maximum absolute atomic E-state index is 10.5. The molecule has 3 radical (unpaired) electrons. The van der Waals surface area contributed by atoms with E-state index in [1.165, 1.54) is 0 Å². The van der Waals surface area contributed by atoms with Gasteiger partial charge in [0.25, 0.3) is 0 Å². The molecule has 0 rings (SSSR count). The van der Waals surface area contributed by atoms with Crippen molar-refractivity contribution < 1.29 is 21.3 Å². The Morgan fingerprint density at radius 3 is 1.25 bits per heavy atom. The van der Waals surface area contributed by atoms with Gasteiger partial charge < -0.3 is 17.2 Å².